The molecular formula is C20H19NOS. The van der Waals surface area contributed by atoms with E-state index in [9.17, 15) is 4.79 Å². The second-order valence-corrected chi connectivity index (χ2v) is 7.00. The maximum absolute atomic E-state index is 12.5. The molecule has 0 saturated heterocycles. The Kier molecular flexibility index (Phi) is 4.68. The SMILES string of the molecule is Cc1ccc(SC(C)C(=O)Nc2cccc3ccccc23)cc1. The lowest BCUT2D eigenvalue weighted by Gasteiger charge is -2.13. The van der Waals surface area contributed by atoms with E-state index in [1.807, 2.05) is 37.3 Å². The second-order valence-electron chi connectivity index (χ2n) is 5.59. The zero-order valence-electron chi connectivity index (χ0n) is 13.2. The lowest BCUT2D eigenvalue weighted by Crippen LogP contribution is -2.22. The number of aryl methyl sites for hydroxylation is 1. The topological polar surface area (TPSA) is 29.1 Å². The van der Waals surface area contributed by atoms with Crippen LogP contribution in [-0.4, -0.2) is 11.2 Å². The van der Waals surface area contributed by atoms with E-state index >= 15 is 0 Å². The zero-order valence-corrected chi connectivity index (χ0v) is 14.1. The molecule has 23 heavy (non-hydrogen) atoms. The van der Waals surface area contributed by atoms with Gasteiger partial charge in [-0.25, -0.2) is 0 Å². The minimum atomic E-state index is -0.156. The standard InChI is InChI=1S/C20H19NOS/c1-14-10-12-17(13-11-14)23-15(2)20(22)21-19-9-5-7-16-6-3-4-8-18(16)19/h3-13,15H,1-2H3,(H,21,22). The third kappa shape index (κ3) is 3.74. The maximum Gasteiger partial charge on any atom is 0.237 e. The van der Waals surface area contributed by atoms with Crippen LogP contribution in [0.3, 0.4) is 0 Å². The molecule has 0 aromatic heterocycles. The highest BCUT2D eigenvalue weighted by Gasteiger charge is 2.15. The predicted molar refractivity (Wildman–Crippen MR) is 99.1 cm³/mol. The molecule has 3 aromatic rings. The van der Waals surface area contributed by atoms with Gasteiger partial charge in [-0.15, -0.1) is 11.8 Å². The number of benzene rings is 3. The van der Waals surface area contributed by atoms with Crippen molar-refractivity contribution in [2.75, 3.05) is 5.32 Å². The molecule has 0 fully saturated rings. The Bertz CT molecular complexity index is 821. The quantitative estimate of drug-likeness (QED) is 0.663. The first-order valence-corrected chi connectivity index (χ1v) is 8.53. The Hall–Kier alpha value is -2.26. The molecule has 1 N–H and O–H groups in total. The number of rotatable bonds is 4. The Labute approximate surface area is 140 Å². The van der Waals surface area contributed by atoms with Crippen LogP contribution in [0, 0.1) is 6.92 Å². The number of amides is 1. The van der Waals surface area contributed by atoms with Gasteiger partial charge in [0.2, 0.25) is 5.91 Å². The Morgan fingerprint density at radius 1 is 0.957 bits per heavy atom. The van der Waals surface area contributed by atoms with Crippen molar-refractivity contribution >= 4 is 34.1 Å². The summed E-state index contributed by atoms with van der Waals surface area (Å²) in [6, 6.07) is 22.3. The largest absolute Gasteiger partial charge is 0.325 e. The van der Waals surface area contributed by atoms with Crippen LogP contribution in [0.4, 0.5) is 5.69 Å². The summed E-state index contributed by atoms with van der Waals surface area (Å²) in [6.07, 6.45) is 0. The van der Waals surface area contributed by atoms with E-state index in [-0.39, 0.29) is 11.2 Å². The smallest absolute Gasteiger partial charge is 0.237 e. The van der Waals surface area contributed by atoms with E-state index in [1.54, 1.807) is 11.8 Å². The summed E-state index contributed by atoms with van der Waals surface area (Å²) in [4.78, 5) is 13.6. The van der Waals surface area contributed by atoms with E-state index in [1.165, 1.54) is 5.56 Å². The van der Waals surface area contributed by atoms with Crippen LogP contribution in [0.2, 0.25) is 0 Å². The van der Waals surface area contributed by atoms with Crippen molar-refractivity contribution in [2.45, 2.75) is 24.0 Å². The Morgan fingerprint density at radius 3 is 2.43 bits per heavy atom. The molecule has 116 valence electrons. The van der Waals surface area contributed by atoms with Gasteiger partial charge in [-0.3, -0.25) is 4.79 Å². The summed E-state index contributed by atoms with van der Waals surface area (Å²) in [5.74, 6) is 0.0203. The van der Waals surface area contributed by atoms with Gasteiger partial charge in [0.05, 0.1) is 5.25 Å². The first-order valence-electron chi connectivity index (χ1n) is 7.65. The summed E-state index contributed by atoms with van der Waals surface area (Å²) in [5.41, 5.74) is 2.09. The van der Waals surface area contributed by atoms with Crippen LogP contribution in [0.1, 0.15) is 12.5 Å². The molecule has 2 nitrogen and oxygen atoms in total. The van der Waals surface area contributed by atoms with Gasteiger partial charge >= 0.3 is 0 Å². The van der Waals surface area contributed by atoms with Crippen LogP contribution in [0.5, 0.6) is 0 Å². The molecular weight excluding hydrogens is 302 g/mol. The number of hydrogen-bond acceptors (Lipinski definition) is 2. The molecule has 3 heteroatoms. The molecule has 0 radical (unpaired) electrons. The summed E-state index contributed by atoms with van der Waals surface area (Å²) < 4.78 is 0. The van der Waals surface area contributed by atoms with E-state index in [0.717, 1.165) is 21.4 Å². The molecule has 0 aliphatic rings. The average molecular weight is 321 g/mol. The van der Waals surface area contributed by atoms with Gasteiger partial charge in [0.1, 0.15) is 0 Å². The van der Waals surface area contributed by atoms with E-state index in [4.69, 9.17) is 0 Å². The lowest BCUT2D eigenvalue weighted by atomic mass is 10.1. The Balaban J connectivity index is 1.74. The third-order valence-corrected chi connectivity index (χ3v) is 4.86. The van der Waals surface area contributed by atoms with Crippen LogP contribution in [0.25, 0.3) is 10.8 Å². The van der Waals surface area contributed by atoms with Gasteiger partial charge < -0.3 is 5.32 Å². The predicted octanol–water partition coefficient (Wildman–Crippen LogP) is 5.27. The fraction of sp³-hybridized carbons (Fsp3) is 0.150. The van der Waals surface area contributed by atoms with Crippen molar-refractivity contribution in [3.63, 3.8) is 0 Å². The Morgan fingerprint density at radius 2 is 1.65 bits per heavy atom. The van der Waals surface area contributed by atoms with Crippen LogP contribution >= 0.6 is 11.8 Å². The first-order chi connectivity index (χ1) is 11.1. The van der Waals surface area contributed by atoms with E-state index in [0.29, 0.717) is 0 Å². The summed E-state index contributed by atoms with van der Waals surface area (Å²) >= 11 is 1.57. The van der Waals surface area contributed by atoms with Crippen LogP contribution in [0.15, 0.2) is 71.6 Å². The monoisotopic (exact) mass is 321 g/mol. The molecule has 1 atom stereocenters. The van der Waals surface area contributed by atoms with E-state index < -0.39 is 0 Å². The number of fused-ring (bicyclic) bond motifs is 1. The first kappa shape index (κ1) is 15.6. The summed E-state index contributed by atoms with van der Waals surface area (Å²) in [5, 5.41) is 5.10. The zero-order chi connectivity index (χ0) is 16.2. The van der Waals surface area contributed by atoms with Crippen molar-refractivity contribution in [3.05, 3.63) is 72.3 Å². The minimum absolute atomic E-state index is 0.0203. The van der Waals surface area contributed by atoms with Crippen LogP contribution in [-0.2, 0) is 4.79 Å². The molecule has 1 unspecified atom stereocenters. The van der Waals surface area contributed by atoms with Gasteiger partial charge in [0.15, 0.2) is 0 Å². The number of carbonyl (C=O) groups excluding carboxylic acids is 1. The third-order valence-electron chi connectivity index (χ3n) is 3.75. The summed E-state index contributed by atoms with van der Waals surface area (Å²) in [7, 11) is 0. The summed E-state index contributed by atoms with van der Waals surface area (Å²) in [6.45, 7) is 4.00. The minimum Gasteiger partial charge on any atom is -0.325 e. The fourth-order valence-electron chi connectivity index (χ4n) is 2.44. The van der Waals surface area contributed by atoms with Crippen molar-refractivity contribution in [2.24, 2.45) is 0 Å². The molecule has 0 heterocycles. The van der Waals surface area contributed by atoms with Gasteiger partial charge in [0.25, 0.3) is 0 Å². The van der Waals surface area contributed by atoms with Gasteiger partial charge in [-0.2, -0.15) is 0 Å². The molecule has 0 bridgehead atoms. The lowest BCUT2D eigenvalue weighted by molar-refractivity contribution is -0.115. The van der Waals surface area contributed by atoms with Crippen molar-refractivity contribution < 1.29 is 4.79 Å². The number of thioether (sulfide) groups is 1. The molecule has 0 aliphatic heterocycles. The normalized spacial score (nSPS) is 12.1. The second kappa shape index (κ2) is 6.88. The number of nitrogens with one attached hydrogen (secondary N) is 1. The van der Waals surface area contributed by atoms with Gasteiger partial charge in [0, 0.05) is 16.0 Å². The average Bonchev–Trinajstić information content (AvgIpc) is 2.57. The molecule has 0 saturated carbocycles. The number of hydrogen-bond donors (Lipinski definition) is 1. The fourth-order valence-corrected chi connectivity index (χ4v) is 3.31. The van der Waals surface area contributed by atoms with Gasteiger partial charge in [-0.05, 0) is 37.4 Å². The van der Waals surface area contributed by atoms with Crippen molar-refractivity contribution in [3.8, 4) is 0 Å². The highest BCUT2D eigenvalue weighted by Crippen LogP contribution is 2.27. The molecule has 0 spiro atoms. The molecule has 3 aromatic carbocycles. The highest BCUT2D eigenvalue weighted by molar-refractivity contribution is 8.00. The van der Waals surface area contributed by atoms with Crippen LogP contribution < -0.4 is 5.32 Å². The van der Waals surface area contributed by atoms with Gasteiger partial charge in [-0.1, -0.05) is 54.1 Å². The number of anilines is 1. The molecule has 3 rings (SSSR count). The van der Waals surface area contributed by atoms with E-state index in [2.05, 4.69) is 48.6 Å². The highest BCUT2D eigenvalue weighted by atomic mass is 32.2. The maximum atomic E-state index is 12.5. The van der Waals surface area contributed by atoms with Crippen molar-refractivity contribution in [1.82, 2.24) is 0 Å². The number of carbonyl (C=O) groups is 1. The molecule has 0 aliphatic carbocycles. The molecule has 1 amide bonds. The van der Waals surface area contributed by atoms with Crippen molar-refractivity contribution in [1.29, 1.82) is 0 Å².